The van der Waals surface area contributed by atoms with Crippen molar-refractivity contribution < 1.29 is 4.79 Å². The molecule has 0 saturated heterocycles. The molecule has 0 fully saturated rings. The van der Waals surface area contributed by atoms with Crippen LogP contribution in [0.2, 0.25) is 0 Å². The molecule has 2 heterocycles. The SMILES string of the molecule is Cc1cc(CNC(=O)N(C)Cc2c(C)nn(C)c2C)cnc1C. The van der Waals surface area contributed by atoms with Crippen LogP contribution in [0.4, 0.5) is 4.79 Å². The Bertz CT molecular complexity index is 720. The molecule has 0 aliphatic carbocycles. The van der Waals surface area contributed by atoms with Gasteiger partial charge in [0.25, 0.3) is 0 Å². The van der Waals surface area contributed by atoms with Gasteiger partial charge in [-0.25, -0.2) is 4.79 Å². The first kappa shape index (κ1) is 17.0. The second kappa shape index (κ2) is 6.81. The summed E-state index contributed by atoms with van der Waals surface area (Å²) >= 11 is 0. The Hall–Kier alpha value is -2.37. The van der Waals surface area contributed by atoms with E-state index in [4.69, 9.17) is 0 Å². The van der Waals surface area contributed by atoms with Crippen LogP contribution in [-0.2, 0) is 20.1 Å². The first-order valence-corrected chi connectivity index (χ1v) is 7.69. The molecule has 0 aromatic carbocycles. The molecule has 0 aliphatic rings. The van der Waals surface area contributed by atoms with E-state index in [0.717, 1.165) is 33.8 Å². The van der Waals surface area contributed by atoms with E-state index in [0.29, 0.717) is 13.1 Å². The highest BCUT2D eigenvalue weighted by atomic mass is 16.2. The summed E-state index contributed by atoms with van der Waals surface area (Å²) in [5.41, 5.74) is 6.29. The summed E-state index contributed by atoms with van der Waals surface area (Å²) < 4.78 is 1.84. The van der Waals surface area contributed by atoms with Gasteiger partial charge in [0.05, 0.1) is 12.2 Å². The number of amides is 2. The fourth-order valence-corrected chi connectivity index (χ4v) is 2.47. The van der Waals surface area contributed by atoms with Crippen molar-refractivity contribution in [3.8, 4) is 0 Å². The quantitative estimate of drug-likeness (QED) is 0.942. The minimum atomic E-state index is -0.106. The van der Waals surface area contributed by atoms with Gasteiger partial charge in [0.1, 0.15) is 0 Å². The van der Waals surface area contributed by atoms with Crippen LogP contribution in [0.5, 0.6) is 0 Å². The third-order valence-electron chi connectivity index (χ3n) is 4.24. The van der Waals surface area contributed by atoms with E-state index in [9.17, 15) is 4.79 Å². The number of hydrogen-bond acceptors (Lipinski definition) is 3. The van der Waals surface area contributed by atoms with Crippen molar-refractivity contribution in [1.82, 2.24) is 25.0 Å². The molecule has 0 unspecified atom stereocenters. The van der Waals surface area contributed by atoms with Crippen molar-refractivity contribution in [2.24, 2.45) is 7.05 Å². The Balaban J connectivity index is 1.96. The van der Waals surface area contributed by atoms with Gasteiger partial charge < -0.3 is 10.2 Å². The summed E-state index contributed by atoms with van der Waals surface area (Å²) in [6, 6.07) is 1.95. The van der Waals surface area contributed by atoms with Crippen molar-refractivity contribution in [2.75, 3.05) is 7.05 Å². The molecule has 0 atom stereocenters. The van der Waals surface area contributed by atoms with Crippen molar-refractivity contribution in [2.45, 2.75) is 40.8 Å². The molecule has 0 saturated carbocycles. The van der Waals surface area contributed by atoms with Gasteiger partial charge in [0.2, 0.25) is 0 Å². The van der Waals surface area contributed by atoms with E-state index < -0.39 is 0 Å². The highest BCUT2D eigenvalue weighted by molar-refractivity contribution is 5.73. The Morgan fingerprint density at radius 2 is 1.96 bits per heavy atom. The molecule has 124 valence electrons. The smallest absolute Gasteiger partial charge is 0.317 e. The van der Waals surface area contributed by atoms with Crippen LogP contribution in [0.25, 0.3) is 0 Å². The number of pyridine rings is 1. The standard InChI is InChI=1S/C17H25N5O/c1-11-7-15(8-18-12(11)2)9-19-17(23)21(5)10-16-13(3)20-22(6)14(16)4/h7-8H,9-10H2,1-6H3,(H,19,23). The van der Waals surface area contributed by atoms with Crippen LogP contribution < -0.4 is 5.32 Å². The maximum absolute atomic E-state index is 12.3. The van der Waals surface area contributed by atoms with Crippen molar-refractivity contribution >= 4 is 6.03 Å². The highest BCUT2D eigenvalue weighted by Gasteiger charge is 2.15. The van der Waals surface area contributed by atoms with Gasteiger partial charge in [-0.05, 0) is 38.8 Å². The number of carbonyl (C=O) groups excluding carboxylic acids is 1. The summed E-state index contributed by atoms with van der Waals surface area (Å²) in [5.74, 6) is 0. The monoisotopic (exact) mass is 315 g/mol. The van der Waals surface area contributed by atoms with Gasteiger partial charge in [-0.15, -0.1) is 0 Å². The van der Waals surface area contributed by atoms with E-state index in [-0.39, 0.29) is 6.03 Å². The number of hydrogen-bond donors (Lipinski definition) is 1. The highest BCUT2D eigenvalue weighted by Crippen LogP contribution is 2.14. The van der Waals surface area contributed by atoms with Crippen LogP contribution in [0.1, 0.15) is 33.8 Å². The maximum atomic E-state index is 12.3. The fraction of sp³-hybridized carbons (Fsp3) is 0.471. The van der Waals surface area contributed by atoms with Gasteiger partial charge in [-0.3, -0.25) is 9.67 Å². The molecule has 1 N–H and O–H groups in total. The Kier molecular flexibility index (Phi) is 5.03. The predicted molar refractivity (Wildman–Crippen MR) is 90.1 cm³/mol. The molecular weight excluding hydrogens is 290 g/mol. The van der Waals surface area contributed by atoms with Crippen LogP contribution in [0.3, 0.4) is 0 Å². The molecular formula is C17H25N5O. The third-order valence-corrected chi connectivity index (χ3v) is 4.24. The van der Waals surface area contributed by atoms with Gasteiger partial charge in [-0.2, -0.15) is 5.10 Å². The van der Waals surface area contributed by atoms with Gasteiger partial charge in [0.15, 0.2) is 0 Å². The second-order valence-corrected chi connectivity index (χ2v) is 6.03. The number of rotatable bonds is 4. The lowest BCUT2D eigenvalue weighted by atomic mass is 10.1. The molecule has 0 bridgehead atoms. The minimum Gasteiger partial charge on any atom is -0.334 e. The zero-order valence-corrected chi connectivity index (χ0v) is 14.8. The van der Waals surface area contributed by atoms with Crippen molar-refractivity contribution in [3.05, 3.63) is 46.0 Å². The number of carbonyl (C=O) groups is 1. The molecule has 2 amide bonds. The molecule has 2 aromatic heterocycles. The average molecular weight is 315 g/mol. The summed E-state index contributed by atoms with van der Waals surface area (Å²) in [5, 5.41) is 7.32. The topological polar surface area (TPSA) is 63.1 Å². The summed E-state index contributed by atoms with van der Waals surface area (Å²) in [6.45, 7) is 9.00. The van der Waals surface area contributed by atoms with Crippen LogP contribution >= 0.6 is 0 Å². The van der Waals surface area contributed by atoms with E-state index in [1.807, 2.05) is 39.4 Å². The lowest BCUT2D eigenvalue weighted by molar-refractivity contribution is 0.206. The van der Waals surface area contributed by atoms with Gasteiger partial charge >= 0.3 is 6.03 Å². The molecule has 0 spiro atoms. The third kappa shape index (κ3) is 3.88. The van der Waals surface area contributed by atoms with Crippen LogP contribution in [0.15, 0.2) is 12.3 Å². The number of aryl methyl sites for hydroxylation is 4. The summed E-state index contributed by atoms with van der Waals surface area (Å²) in [4.78, 5) is 18.3. The van der Waals surface area contributed by atoms with Crippen molar-refractivity contribution in [3.63, 3.8) is 0 Å². The van der Waals surface area contributed by atoms with Gasteiger partial charge in [-0.1, -0.05) is 6.07 Å². The van der Waals surface area contributed by atoms with E-state index >= 15 is 0 Å². The van der Waals surface area contributed by atoms with Gasteiger partial charge in [0, 0.05) is 43.8 Å². The number of aromatic nitrogens is 3. The molecule has 2 aromatic rings. The molecule has 0 radical (unpaired) electrons. The maximum Gasteiger partial charge on any atom is 0.317 e. The summed E-state index contributed by atoms with van der Waals surface area (Å²) in [7, 11) is 3.71. The van der Waals surface area contributed by atoms with E-state index in [2.05, 4.69) is 21.5 Å². The first-order chi connectivity index (χ1) is 10.8. The normalized spacial score (nSPS) is 10.7. The molecule has 23 heavy (non-hydrogen) atoms. The minimum absolute atomic E-state index is 0.106. The zero-order valence-electron chi connectivity index (χ0n) is 14.8. The second-order valence-electron chi connectivity index (χ2n) is 6.03. The van der Waals surface area contributed by atoms with E-state index in [1.165, 1.54) is 0 Å². The zero-order chi connectivity index (χ0) is 17.1. The predicted octanol–water partition coefficient (Wildman–Crippen LogP) is 2.39. The number of nitrogens with one attached hydrogen (secondary N) is 1. The fourth-order valence-electron chi connectivity index (χ4n) is 2.47. The number of urea groups is 1. The van der Waals surface area contributed by atoms with Crippen molar-refractivity contribution in [1.29, 1.82) is 0 Å². The average Bonchev–Trinajstić information content (AvgIpc) is 2.74. The first-order valence-electron chi connectivity index (χ1n) is 7.69. The lowest BCUT2D eigenvalue weighted by Crippen LogP contribution is -2.36. The Morgan fingerprint density at radius 3 is 2.52 bits per heavy atom. The largest absolute Gasteiger partial charge is 0.334 e. The van der Waals surface area contributed by atoms with Crippen LogP contribution in [-0.4, -0.2) is 32.7 Å². The Labute approximate surface area is 137 Å². The summed E-state index contributed by atoms with van der Waals surface area (Å²) in [6.07, 6.45) is 1.80. The van der Waals surface area contributed by atoms with E-state index in [1.54, 1.807) is 18.1 Å². The molecule has 6 nitrogen and oxygen atoms in total. The van der Waals surface area contributed by atoms with Crippen LogP contribution in [0, 0.1) is 27.7 Å². The number of nitrogens with zero attached hydrogens (tertiary/aromatic N) is 4. The lowest BCUT2D eigenvalue weighted by Gasteiger charge is -2.18. The molecule has 6 heteroatoms. The molecule has 2 rings (SSSR count). The Morgan fingerprint density at radius 1 is 1.26 bits per heavy atom. The molecule has 0 aliphatic heterocycles.